The van der Waals surface area contributed by atoms with Gasteiger partial charge in [-0.15, -0.1) is 11.3 Å². The number of aryl methyl sites for hydroxylation is 2. The highest BCUT2D eigenvalue weighted by atomic mass is 32.1. The zero-order chi connectivity index (χ0) is 17.1. The first-order valence-corrected chi connectivity index (χ1v) is 8.53. The number of hydrogen-bond donors (Lipinski definition) is 2. The highest BCUT2D eigenvalue weighted by molar-refractivity contribution is 7.14. The van der Waals surface area contributed by atoms with Gasteiger partial charge in [0.2, 0.25) is 0 Å². The van der Waals surface area contributed by atoms with Crippen molar-refractivity contribution in [3.8, 4) is 0 Å². The monoisotopic (exact) mass is 350 g/mol. The van der Waals surface area contributed by atoms with E-state index in [1.807, 2.05) is 6.07 Å². The maximum Gasteiger partial charge on any atom is 0.279 e. The molecule has 1 aromatic heterocycles. The lowest BCUT2D eigenvalue weighted by Crippen LogP contribution is -2.41. The number of thiophene rings is 1. The molecule has 3 rings (SSSR count). The summed E-state index contributed by atoms with van der Waals surface area (Å²) in [5.41, 5.74) is 5.46. The second-order valence-electron chi connectivity index (χ2n) is 5.69. The van der Waals surface area contributed by atoms with E-state index in [0.717, 1.165) is 37.8 Å². The molecule has 0 aliphatic heterocycles. The number of carbonyl (C=O) groups excluding carboxylic acids is 2. The summed E-state index contributed by atoms with van der Waals surface area (Å²) in [5, 5.41) is 0. The molecule has 0 saturated heterocycles. The topological polar surface area (TPSA) is 58.2 Å². The first-order chi connectivity index (χ1) is 11.5. The number of rotatable bonds is 2. The molecule has 0 fully saturated rings. The van der Waals surface area contributed by atoms with Crippen LogP contribution in [-0.2, 0) is 12.8 Å². The minimum Gasteiger partial charge on any atom is -0.267 e. The van der Waals surface area contributed by atoms with Crippen molar-refractivity contribution < 1.29 is 18.4 Å². The third-order valence-electron chi connectivity index (χ3n) is 3.88. The maximum atomic E-state index is 13.1. The fraction of sp³-hybridized carbons (Fsp3) is 0.294. The van der Waals surface area contributed by atoms with Crippen LogP contribution in [0.1, 0.15) is 49.7 Å². The van der Waals surface area contributed by atoms with Gasteiger partial charge in [-0.2, -0.15) is 0 Å². The summed E-state index contributed by atoms with van der Waals surface area (Å²) in [6, 6.07) is 4.33. The Balaban J connectivity index is 1.64. The molecule has 0 saturated carbocycles. The molecule has 4 nitrogen and oxygen atoms in total. The molecule has 0 radical (unpaired) electrons. The number of nitrogens with one attached hydrogen (secondary N) is 2. The number of fused-ring (bicyclic) bond motifs is 1. The van der Waals surface area contributed by atoms with Gasteiger partial charge < -0.3 is 0 Å². The van der Waals surface area contributed by atoms with E-state index in [2.05, 4.69) is 10.9 Å². The minimum atomic E-state index is -0.853. The van der Waals surface area contributed by atoms with Gasteiger partial charge in [0, 0.05) is 16.5 Å². The Labute approximate surface area is 141 Å². The van der Waals surface area contributed by atoms with E-state index in [1.54, 1.807) is 0 Å². The molecular formula is C17H16F2N2O2S. The lowest BCUT2D eigenvalue weighted by molar-refractivity contribution is 0.0848. The minimum absolute atomic E-state index is 0.199. The third-order valence-corrected chi connectivity index (χ3v) is 5.12. The quantitative estimate of drug-likeness (QED) is 0.644. The van der Waals surface area contributed by atoms with Gasteiger partial charge in [0.15, 0.2) is 0 Å². The second-order valence-corrected chi connectivity index (χ2v) is 6.82. The zero-order valence-electron chi connectivity index (χ0n) is 12.8. The van der Waals surface area contributed by atoms with Gasteiger partial charge in [0.1, 0.15) is 11.6 Å². The lowest BCUT2D eigenvalue weighted by Gasteiger charge is -2.06. The predicted octanol–water partition coefficient (Wildman–Crippen LogP) is 3.37. The molecule has 0 bridgehead atoms. The zero-order valence-corrected chi connectivity index (χ0v) is 13.6. The van der Waals surface area contributed by atoms with Gasteiger partial charge >= 0.3 is 0 Å². The van der Waals surface area contributed by atoms with Gasteiger partial charge in [-0.1, -0.05) is 6.42 Å². The van der Waals surface area contributed by atoms with Gasteiger partial charge in [-0.05, 0) is 49.4 Å². The van der Waals surface area contributed by atoms with Crippen LogP contribution in [-0.4, -0.2) is 11.8 Å². The van der Waals surface area contributed by atoms with Crippen molar-refractivity contribution in [2.45, 2.75) is 32.1 Å². The van der Waals surface area contributed by atoms with Crippen LogP contribution in [0.5, 0.6) is 0 Å². The fourth-order valence-corrected chi connectivity index (χ4v) is 3.86. The van der Waals surface area contributed by atoms with Crippen LogP contribution in [0.2, 0.25) is 0 Å². The van der Waals surface area contributed by atoms with Crippen LogP contribution in [0, 0.1) is 11.6 Å². The Morgan fingerprint density at radius 3 is 2.29 bits per heavy atom. The van der Waals surface area contributed by atoms with Crippen molar-refractivity contribution in [2.75, 3.05) is 0 Å². The van der Waals surface area contributed by atoms with E-state index < -0.39 is 23.4 Å². The molecule has 2 amide bonds. The molecule has 1 heterocycles. The van der Waals surface area contributed by atoms with Gasteiger partial charge in [-0.3, -0.25) is 20.4 Å². The number of carbonyl (C=O) groups is 2. The third kappa shape index (κ3) is 3.79. The van der Waals surface area contributed by atoms with Crippen molar-refractivity contribution in [3.63, 3.8) is 0 Å². The second kappa shape index (κ2) is 7.09. The molecule has 1 aromatic carbocycles. The van der Waals surface area contributed by atoms with Crippen LogP contribution >= 0.6 is 11.3 Å². The lowest BCUT2D eigenvalue weighted by atomic mass is 10.1. The Morgan fingerprint density at radius 2 is 1.54 bits per heavy atom. The van der Waals surface area contributed by atoms with Gasteiger partial charge in [-0.25, -0.2) is 8.78 Å². The summed E-state index contributed by atoms with van der Waals surface area (Å²) >= 11 is 1.43. The van der Waals surface area contributed by atoms with Crippen molar-refractivity contribution >= 4 is 23.2 Å². The maximum absolute atomic E-state index is 13.1. The Hall–Kier alpha value is -2.28. The average Bonchev–Trinajstić information content (AvgIpc) is 2.82. The molecule has 126 valence electrons. The van der Waals surface area contributed by atoms with E-state index in [0.29, 0.717) is 10.9 Å². The smallest absolute Gasteiger partial charge is 0.267 e. The summed E-state index contributed by atoms with van der Waals surface area (Å²) in [4.78, 5) is 25.8. The average molecular weight is 350 g/mol. The first kappa shape index (κ1) is 16.6. The Bertz CT molecular complexity index is 745. The van der Waals surface area contributed by atoms with Crippen LogP contribution in [0.25, 0.3) is 0 Å². The molecule has 7 heteroatoms. The van der Waals surface area contributed by atoms with Crippen molar-refractivity contribution in [1.29, 1.82) is 0 Å². The molecule has 24 heavy (non-hydrogen) atoms. The molecule has 2 N–H and O–H groups in total. The number of hydrazine groups is 1. The van der Waals surface area contributed by atoms with E-state index >= 15 is 0 Å². The van der Waals surface area contributed by atoms with Crippen molar-refractivity contribution in [2.24, 2.45) is 0 Å². The summed E-state index contributed by atoms with van der Waals surface area (Å²) in [7, 11) is 0. The number of hydrogen-bond acceptors (Lipinski definition) is 3. The molecular weight excluding hydrogens is 334 g/mol. The van der Waals surface area contributed by atoms with Crippen LogP contribution in [0.15, 0.2) is 24.3 Å². The summed E-state index contributed by atoms with van der Waals surface area (Å²) < 4.78 is 26.2. The van der Waals surface area contributed by atoms with E-state index in [-0.39, 0.29) is 5.56 Å². The number of halogens is 2. The highest BCUT2D eigenvalue weighted by Gasteiger charge is 2.17. The fourth-order valence-electron chi connectivity index (χ4n) is 2.71. The van der Waals surface area contributed by atoms with E-state index in [9.17, 15) is 18.4 Å². The molecule has 2 aromatic rings. The molecule has 0 atom stereocenters. The SMILES string of the molecule is O=C(NNC(=O)c1cc2c(s1)CCCCC2)c1cc(F)cc(F)c1. The molecule has 1 aliphatic rings. The van der Waals surface area contributed by atoms with Crippen LogP contribution < -0.4 is 10.9 Å². The Kier molecular flexibility index (Phi) is 4.89. The van der Waals surface area contributed by atoms with Crippen molar-refractivity contribution in [3.05, 3.63) is 56.8 Å². The largest absolute Gasteiger partial charge is 0.279 e. The Morgan fingerprint density at radius 1 is 0.875 bits per heavy atom. The molecule has 0 spiro atoms. The van der Waals surface area contributed by atoms with Gasteiger partial charge in [0.05, 0.1) is 4.88 Å². The number of amides is 2. The molecule has 1 aliphatic carbocycles. The summed E-state index contributed by atoms with van der Waals surface area (Å²) in [6.45, 7) is 0. The van der Waals surface area contributed by atoms with E-state index in [1.165, 1.54) is 28.2 Å². The predicted molar refractivity (Wildman–Crippen MR) is 86.9 cm³/mol. The van der Waals surface area contributed by atoms with Crippen molar-refractivity contribution in [1.82, 2.24) is 10.9 Å². The van der Waals surface area contributed by atoms with Gasteiger partial charge in [0.25, 0.3) is 11.8 Å². The highest BCUT2D eigenvalue weighted by Crippen LogP contribution is 2.28. The van der Waals surface area contributed by atoms with Crippen LogP contribution in [0.3, 0.4) is 0 Å². The normalized spacial score (nSPS) is 13.8. The van der Waals surface area contributed by atoms with Crippen LogP contribution in [0.4, 0.5) is 8.78 Å². The number of benzene rings is 1. The summed E-state index contributed by atoms with van der Waals surface area (Å²) in [5.74, 6) is -2.92. The standard InChI is InChI=1S/C17H16F2N2O2S/c18-12-6-11(7-13(19)9-12)16(22)20-21-17(23)15-8-10-4-2-1-3-5-14(10)24-15/h6-9H,1-5H2,(H,20,22)(H,21,23). The first-order valence-electron chi connectivity index (χ1n) is 7.71. The summed E-state index contributed by atoms with van der Waals surface area (Å²) in [6.07, 6.45) is 5.38. The molecule has 0 unspecified atom stereocenters. The van der Waals surface area contributed by atoms with E-state index in [4.69, 9.17) is 0 Å².